The van der Waals surface area contributed by atoms with Gasteiger partial charge in [-0.1, -0.05) is 12.5 Å². The molecule has 1 heterocycles. The number of hydrogen-bond acceptors (Lipinski definition) is 5. The molecule has 2 atom stereocenters. The second-order valence-corrected chi connectivity index (χ2v) is 6.90. The first kappa shape index (κ1) is 16.7. The minimum atomic E-state index is -3.73. The first-order chi connectivity index (χ1) is 9.11. The van der Waals surface area contributed by atoms with Crippen LogP contribution in [0.4, 0.5) is 0 Å². The summed E-state index contributed by atoms with van der Waals surface area (Å²) in [7, 11) is -3.73. The Morgan fingerprint density at radius 3 is 2.35 bits per heavy atom. The summed E-state index contributed by atoms with van der Waals surface area (Å²) in [5.74, 6) is -1.28. The third-order valence-electron chi connectivity index (χ3n) is 3.71. The van der Waals surface area contributed by atoms with E-state index < -0.39 is 27.9 Å². The maximum Gasteiger partial charge on any atom is 0.307 e. The molecule has 1 rings (SSSR count). The van der Waals surface area contributed by atoms with Crippen molar-refractivity contribution in [1.29, 1.82) is 0 Å². The largest absolute Gasteiger partial charge is 0.466 e. The highest BCUT2D eigenvalue weighted by molar-refractivity contribution is 7.88. The minimum Gasteiger partial charge on any atom is -0.466 e. The van der Waals surface area contributed by atoms with E-state index in [0.717, 1.165) is 16.1 Å². The lowest BCUT2D eigenvalue weighted by molar-refractivity contribution is -0.145. The van der Waals surface area contributed by atoms with Crippen molar-refractivity contribution in [2.75, 3.05) is 12.9 Å². The minimum absolute atomic E-state index is 0.127. The van der Waals surface area contributed by atoms with Crippen LogP contribution in [0.3, 0.4) is 0 Å². The molecule has 1 amide bonds. The van der Waals surface area contributed by atoms with E-state index in [1.54, 1.807) is 20.8 Å². The van der Waals surface area contributed by atoms with Gasteiger partial charge >= 0.3 is 5.97 Å². The van der Waals surface area contributed by atoms with Crippen LogP contribution >= 0.6 is 0 Å². The number of rotatable bonds is 4. The van der Waals surface area contributed by atoms with E-state index in [0.29, 0.717) is 5.57 Å². The molecular weight excluding hydrogens is 282 g/mol. The van der Waals surface area contributed by atoms with E-state index in [1.165, 1.54) is 0 Å². The third kappa shape index (κ3) is 3.20. The van der Waals surface area contributed by atoms with Crippen LogP contribution in [0.25, 0.3) is 0 Å². The molecule has 6 nitrogen and oxygen atoms in total. The Balaban J connectivity index is 3.22. The molecule has 0 aromatic rings. The molecule has 0 saturated heterocycles. The van der Waals surface area contributed by atoms with Crippen LogP contribution in [0.1, 0.15) is 34.1 Å². The fourth-order valence-corrected chi connectivity index (χ4v) is 3.55. The Bertz CT molecular complexity index is 549. The van der Waals surface area contributed by atoms with Gasteiger partial charge in [0, 0.05) is 5.57 Å². The van der Waals surface area contributed by atoms with Crippen LogP contribution < -0.4 is 0 Å². The Hall–Kier alpha value is -1.37. The molecular formula is C13H21NO5S. The lowest BCUT2D eigenvalue weighted by Gasteiger charge is -2.38. The van der Waals surface area contributed by atoms with Crippen LogP contribution in [0.15, 0.2) is 11.1 Å². The summed E-state index contributed by atoms with van der Waals surface area (Å²) in [6, 6.07) is -0.722. The monoisotopic (exact) mass is 303 g/mol. The number of nitrogens with zero attached hydrogens (tertiary/aromatic N) is 1. The zero-order valence-electron chi connectivity index (χ0n) is 12.5. The van der Waals surface area contributed by atoms with E-state index >= 15 is 0 Å². The summed E-state index contributed by atoms with van der Waals surface area (Å²) in [6.45, 7) is 7.10. The number of carbonyl (C=O) groups is 2. The highest BCUT2D eigenvalue weighted by Crippen LogP contribution is 2.33. The summed E-state index contributed by atoms with van der Waals surface area (Å²) in [4.78, 5) is 23.9. The normalized spacial score (nSPS) is 24.1. The van der Waals surface area contributed by atoms with Crippen molar-refractivity contribution in [2.24, 2.45) is 5.92 Å². The quantitative estimate of drug-likeness (QED) is 0.726. The van der Waals surface area contributed by atoms with Crippen molar-refractivity contribution in [3.8, 4) is 0 Å². The number of amides is 1. The van der Waals surface area contributed by atoms with Gasteiger partial charge in [0.1, 0.15) is 0 Å². The highest BCUT2D eigenvalue weighted by Gasteiger charge is 2.42. The molecule has 0 N–H and O–H groups in total. The van der Waals surface area contributed by atoms with E-state index in [2.05, 4.69) is 0 Å². The van der Waals surface area contributed by atoms with Crippen LogP contribution in [-0.4, -0.2) is 43.5 Å². The number of sulfonamides is 1. The van der Waals surface area contributed by atoms with Gasteiger partial charge in [0.05, 0.1) is 25.3 Å². The van der Waals surface area contributed by atoms with E-state index in [9.17, 15) is 18.0 Å². The predicted octanol–water partition coefficient (Wildman–Crippen LogP) is 1.08. The number of carbonyl (C=O) groups excluding carboxylic acids is 2. The summed E-state index contributed by atoms with van der Waals surface area (Å²) in [5, 5.41) is 0. The summed E-state index contributed by atoms with van der Waals surface area (Å²) >= 11 is 0. The van der Waals surface area contributed by atoms with Gasteiger partial charge in [0.25, 0.3) is 5.91 Å². The van der Waals surface area contributed by atoms with Gasteiger partial charge < -0.3 is 4.74 Å². The van der Waals surface area contributed by atoms with Gasteiger partial charge in [-0.3, -0.25) is 9.59 Å². The maximum atomic E-state index is 12.2. The Kier molecular flexibility index (Phi) is 4.96. The van der Waals surface area contributed by atoms with E-state index in [4.69, 9.17) is 4.74 Å². The number of ether oxygens (including phenoxy) is 1. The lowest BCUT2D eigenvalue weighted by atomic mass is 9.85. The maximum absolute atomic E-state index is 12.2. The fraction of sp³-hybridized carbons (Fsp3) is 0.692. The molecule has 0 spiro atoms. The first-order valence-corrected chi connectivity index (χ1v) is 8.32. The van der Waals surface area contributed by atoms with Crippen LogP contribution in [0.5, 0.6) is 0 Å². The molecule has 0 unspecified atom stereocenters. The van der Waals surface area contributed by atoms with Gasteiger partial charge in [0.15, 0.2) is 0 Å². The molecule has 20 heavy (non-hydrogen) atoms. The second kappa shape index (κ2) is 5.95. The molecule has 0 aromatic heterocycles. The second-order valence-electron chi connectivity index (χ2n) is 5.04. The Labute approximate surface area is 119 Å². The molecule has 0 aliphatic carbocycles. The van der Waals surface area contributed by atoms with E-state index in [-0.39, 0.29) is 18.9 Å². The topological polar surface area (TPSA) is 80.8 Å². The zero-order valence-corrected chi connectivity index (χ0v) is 13.3. The van der Waals surface area contributed by atoms with Gasteiger partial charge in [-0.15, -0.1) is 0 Å². The SMILES string of the molecule is CCOC(=O)C[C@@H]1[C@@H](C)C(C)=C(C)C(=O)N1S(C)(=O)=O. The standard InChI is InChI=1S/C13H21NO5S/c1-6-19-12(15)7-11-9(3)8(2)10(4)13(16)14(11)20(5,17)18/h9,11H,6-7H2,1-5H3/t9-,11+/m0/s1. The van der Waals surface area contributed by atoms with Gasteiger partial charge in [-0.2, -0.15) is 0 Å². The summed E-state index contributed by atoms with van der Waals surface area (Å²) < 4.78 is 29.4. The average Bonchev–Trinajstić information content (AvgIpc) is 2.32. The van der Waals surface area contributed by atoms with Gasteiger partial charge in [-0.25, -0.2) is 12.7 Å². The lowest BCUT2D eigenvalue weighted by Crippen LogP contribution is -2.52. The van der Waals surface area contributed by atoms with Crippen molar-refractivity contribution in [3.63, 3.8) is 0 Å². The molecule has 114 valence electrons. The Morgan fingerprint density at radius 2 is 1.90 bits per heavy atom. The fourth-order valence-electron chi connectivity index (χ4n) is 2.36. The third-order valence-corrected chi connectivity index (χ3v) is 4.86. The molecule has 0 aromatic carbocycles. The molecule has 0 fully saturated rings. The van der Waals surface area contributed by atoms with Gasteiger partial charge in [0.2, 0.25) is 10.0 Å². The zero-order chi connectivity index (χ0) is 15.7. The summed E-state index contributed by atoms with van der Waals surface area (Å²) in [5.41, 5.74) is 1.23. The van der Waals surface area contributed by atoms with Crippen molar-refractivity contribution in [2.45, 2.75) is 40.2 Å². The average molecular weight is 303 g/mol. The summed E-state index contributed by atoms with van der Waals surface area (Å²) in [6.07, 6.45) is 0.849. The predicted molar refractivity (Wildman–Crippen MR) is 74.3 cm³/mol. The van der Waals surface area contributed by atoms with Crippen LogP contribution in [-0.2, 0) is 24.3 Å². The molecule has 1 aliphatic heterocycles. The van der Waals surface area contributed by atoms with Crippen molar-refractivity contribution < 1.29 is 22.7 Å². The van der Waals surface area contributed by atoms with Crippen molar-refractivity contribution in [1.82, 2.24) is 4.31 Å². The Morgan fingerprint density at radius 1 is 1.35 bits per heavy atom. The van der Waals surface area contributed by atoms with Crippen molar-refractivity contribution >= 4 is 21.9 Å². The number of esters is 1. The molecule has 7 heteroatoms. The molecule has 0 saturated carbocycles. The van der Waals surface area contributed by atoms with Crippen LogP contribution in [0.2, 0.25) is 0 Å². The number of hydrogen-bond donors (Lipinski definition) is 0. The van der Waals surface area contributed by atoms with Crippen molar-refractivity contribution in [3.05, 3.63) is 11.1 Å². The highest BCUT2D eigenvalue weighted by atomic mass is 32.2. The molecule has 0 bridgehead atoms. The molecule has 1 aliphatic rings. The van der Waals surface area contributed by atoms with E-state index in [1.807, 2.05) is 6.92 Å². The van der Waals surface area contributed by atoms with Gasteiger partial charge in [-0.05, 0) is 26.7 Å². The first-order valence-electron chi connectivity index (χ1n) is 6.48. The smallest absolute Gasteiger partial charge is 0.307 e. The van der Waals surface area contributed by atoms with Crippen LogP contribution in [0, 0.1) is 5.92 Å². The molecule has 0 radical (unpaired) electrons.